The van der Waals surface area contributed by atoms with E-state index in [1.807, 2.05) is 46.1 Å². The number of aromatic nitrogens is 4. The van der Waals surface area contributed by atoms with Gasteiger partial charge in [-0.25, -0.2) is 14.6 Å². The zero-order valence-corrected chi connectivity index (χ0v) is 13.5. The molecule has 1 amide bonds. The van der Waals surface area contributed by atoms with Gasteiger partial charge < -0.3 is 9.80 Å². The predicted octanol–water partition coefficient (Wildman–Crippen LogP) is 1.48. The molecule has 3 heterocycles. The second kappa shape index (κ2) is 5.92. The topological polar surface area (TPSA) is 67.2 Å². The van der Waals surface area contributed by atoms with Crippen LogP contribution in [0.15, 0.2) is 42.9 Å². The number of rotatable bonds is 2. The van der Waals surface area contributed by atoms with Gasteiger partial charge in [-0.2, -0.15) is 5.10 Å². The number of piperazine rings is 1. The van der Waals surface area contributed by atoms with Crippen LogP contribution in [0.3, 0.4) is 0 Å². The summed E-state index contributed by atoms with van der Waals surface area (Å²) in [6, 6.07) is 9.93. The quantitative estimate of drug-likeness (QED) is 0.715. The number of anilines is 1. The van der Waals surface area contributed by atoms with Crippen LogP contribution < -0.4 is 4.90 Å². The van der Waals surface area contributed by atoms with Crippen molar-refractivity contribution in [3.8, 4) is 5.69 Å². The molecule has 4 rings (SSSR count). The van der Waals surface area contributed by atoms with Crippen molar-refractivity contribution < 1.29 is 4.79 Å². The summed E-state index contributed by atoms with van der Waals surface area (Å²) >= 11 is 0. The van der Waals surface area contributed by atoms with Gasteiger partial charge in [-0.15, -0.1) is 0 Å². The van der Waals surface area contributed by atoms with E-state index in [9.17, 15) is 4.79 Å². The lowest BCUT2D eigenvalue weighted by atomic mass is 10.2. The van der Waals surface area contributed by atoms with Crippen LogP contribution in [0, 0.1) is 0 Å². The summed E-state index contributed by atoms with van der Waals surface area (Å²) in [6.45, 7) is 4.58. The third-order valence-corrected chi connectivity index (χ3v) is 4.37. The Bertz CT molecular complexity index is 867. The van der Waals surface area contributed by atoms with E-state index in [2.05, 4.69) is 20.0 Å². The molecule has 0 saturated carbocycles. The largest absolute Gasteiger partial charge is 0.352 e. The van der Waals surface area contributed by atoms with Gasteiger partial charge in [0.25, 0.3) is 0 Å². The van der Waals surface area contributed by atoms with Crippen LogP contribution in [0.1, 0.15) is 6.92 Å². The number of nitrogens with zero attached hydrogens (tertiary/aromatic N) is 6. The first kappa shape index (κ1) is 14.6. The fourth-order valence-electron chi connectivity index (χ4n) is 3.08. The molecule has 1 aliphatic heterocycles. The van der Waals surface area contributed by atoms with Gasteiger partial charge in [-0.05, 0) is 12.1 Å². The lowest BCUT2D eigenvalue weighted by Gasteiger charge is -2.35. The van der Waals surface area contributed by atoms with Crippen molar-refractivity contribution in [3.63, 3.8) is 0 Å². The molecule has 24 heavy (non-hydrogen) atoms. The Morgan fingerprint density at radius 1 is 1.04 bits per heavy atom. The smallest absolute Gasteiger partial charge is 0.219 e. The fraction of sp³-hybridized carbons (Fsp3) is 0.294. The molecule has 3 aromatic rings. The highest BCUT2D eigenvalue weighted by molar-refractivity contribution is 5.87. The van der Waals surface area contributed by atoms with E-state index in [4.69, 9.17) is 0 Å². The summed E-state index contributed by atoms with van der Waals surface area (Å²) < 4.78 is 1.83. The molecule has 0 spiro atoms. The molecule has 2 aromatic heterocycles. The Hall–Kier alpha value is -2.96. The van der Waals surface area contributed by atoms with Crippen molar-refractivity contribution in [3.05, 3.63) is 42.9 Å². The molecule has 122 valence electrons. The van der Waals surface area contributed by atoms with Crippen LogP contribution >= 0.6 is 0 Å². The summed E-state index contributed by atoms with van der Waals surface area (Å²) in [6.07, 6.45) is 3.39. The average molecular weight is 322 g/mol. The van der Waals surface area contributed by atoms with Gasteiger partial charge >= 0.3 is 0 Å². The number of hydrogen-bond donors (Lipinski definition) is 0. The average Bonchev–Trinajstić information content (AvgIpc) is 3.06. The molecule has 0 aliphatic carbocycles. The van der Waals surface area contributed by atoms with Crippen molar-refractivity contribution in [2.75, 3.05) is 31.1 Å². The highest BCUT2D eigenvalue weighted by atomic mass is 16.2. The molecule has 7 nitrogen and oxygen atoms in total. The van der Waals surface area contributed by atoms with Gasteiger partial charge in [0.15, 0.2) is 5.65 Å². The lowest BCUT2D eigenvalue weighted by Crippen LogP contribution is -2.48. The number of carbonyl (C=O) groups excluding carboxylic acids is 1. The molecule has 1 aliphatic rings. The van der Waals surface area contributed by atoms with Crippen molar-refractivity contribution in [1.29, 1.82) is 0 Å². The van der Waals surface area contributed by atoms with Crippen LogP contribution in [0.5, 0.6) is 0 Å². The SMILES string of the molecule is CC(=O)N1CCN(c2ncnc3c2cnn3-c2ccccc2)CC1. The van der Waals surface area contributed by atoms with Crippen molar-refractivity contribution in [2.24, 2.45) is 0 Å². The number of fused-ring (bicyclic) bond motifs is 1. The lowest BCUT2D eigenvalue weighted by molar-refractivity contribution is -0.129. The highest BCUT2D eigenvalue weighted by Crippen LogP contribution is 2.25. The Kier molecular flexibility index (Phi) is 3.60. The summed E-state index contributed by atoms with van der Waals surface area (Å²) in [5, 5.41) is 5.42. The minimum atomic E-state index is 0.124. The first-order valence-electron chi connectivity index (χ1n) is 7.98. The number of para-hydroxylation sites is 1. The summed E-state index contributed by atoms with van der Waals surface area (Å²) in [5.74, 6) is 1.00. The van der Waals surface area contributed by atoms with Crippen molar-refractivity contribution in [2.45, 2.75) is 6.92 Å². The maximum Gasteiger partial charge on any atom is 0.219 e. The Balaban J connectivity index is 1.68. The maximum atomic E-state index is 11.5. The third kappa shape index (κ3) is 2.47. The van der Waals surface area contributed by atoms with E-state index in [1.165, 1.54) is 0 Å². The van der Waals surface area contributed by atoms with E-state index in [-0.39, 0.29) is 5.91 Å². The fourth-order valence-corrected chi connectivity index (χ4v) is 3.08. The highest BCUT2D eigenvalue weighted by Gasteiger charge is 2.22. The van der Waals surface area contributed by atoms with Crippen molar-refractivity contribution in [1.82, 2.24) is 24.6 Å². The van der Waals surface area contributed by atoms with E-state index < -0.39 is 0 Å². The molecule has 0 radical (unpaired) electrons. The Morgan fingerprint density at radius 2 is 1.79 bits per heavy atom. The first-order valence-corrected chi connectivity index (χ1v) is 7.98. The van der Waals surface area contributed by atoms with Gasteiger partial charge in [0, 0.05) is 33.1 Å². The molecule has 1 fully saturated rings. The molecule has 0 atom stereocenters. The summed E-state index contributed by atoms with van der Waals surface area (Å²) in [5.41, 5.74) is 1.76. The van der Waals surface area contributed by atoms with Crippen LogP contribution in [0.4, 0.5) is 5.82 Å². The standard InChI is InChI=1S/C17H18N6O/c1-13(24)21-7-9-22(10-8-21)16-15-11-20-23(17(15)19-12-18-16)14-5-3-2-4-6-14/h2-6,11-12H,7-10H2,1H3. The van der Waals surface area contributed by atoms with Crippen LogP contribution in [0.25, 0.3) is 16.7 Å². The maximum absolute atomic E-state index is 11.5. The first-order chi connectivity index (χ1) is 11.7. The molecule has 0 unspecified atom stereocenters. The number of benzene rings is 1. The summed E-state index contributed by atoms with van der Waals surface area (Å²) in [4.78, 5) is 24.4. The normalized spacial score (nSPS) is 15.0. The Labute approximate surface area is 139 Å². The van der Waals surface area contributed by atoms with E-state index in [0.717, 1.165) is 35.6 Å². The molecule has 0 bridgehead atoms. The molecular weight excluding hydrogens is 304 g/mol. The van der Waals surface area contributed by atoms with E-state index in [0.29, 0.717) is 13.1 Å². The summed E-state index contributed by atoms with van der Waals surface area (Å²) in [7, 11) is 0. The second-order valence-corrected chi connectivity index (χ2v) is 5.82. The molecular formula is C17H18N6O. The third-order valence-electron chi connectivity index (χ3n) is 4.37. The van der Waals surface area contributed by atoms with Gasteiger partial charge in [0.1, 0.15) is 12.1 Å². The van der Waals surface area contributed by atoms with E-state index >= 15 is 0 Å². The Morgan fingerprint density at radius 3 is 2.50 bits per heavy atom. The van der Waals surface area contributed by atoms with Crippen LogP contribution in [0.2, 0.25) is 0 Å². The molecule has 0 N–H and O–H groups in total. The van der Waals surface area contributed by atoms with Gasteiger partial charge in [-0.1, -0.05) is 18.2 Å². The number of carbonyl (C=O) groups is 1. The minimum Gasteiger partial charge on any atom is -0.352 e. The second-order valence-electron chi connectivity index (χ2n) is 5.82. The zero-order chi connectivity index (χ0) is 16.5. The molecule has 1 saturated heterocycles. The van der Waals surface area contributed by atoms with E-state index in [1.54, 1.807) is 13.3 Å². The van der Waals surface area contributed by atoms with Crippen molar-refractivity contribution >= 4 is 22.8 Å². The monoisotopic (exact) mass is 322 g/mol. The van der Waals surface area contributed by atoms with Crippen LogP contribution in [-0.2, 0) is 4.79 Å². The zero-order valence-electron chi connectivity index (χ0n) is 13.5. The minimum absolute atomic E-state index is 0.124. The predicted molar refractivity (Wildman–Crippen MR) is 91.1 cm³/mol. The van der Waals surface area contributed by atoms with Gasteiger partial charge in [0.2, 0.25) is 5.91 Å². The van der Waals surface area contributed by atoms with Gasteiger partial charge in [-0.3, -0.25) is 4.79 Å². The van der Waals surface area contributed by atoms with Crippen LogP contribution in [-0.4, -0.2) is 56.7 Å². The molecule has 1 aromatic carbocycles. The molecule has 7 heteroatoms. The number of hydrogen-bond acceptors (Lipinski definition) is 5. The number of amides is 1. The van der Waals surface area contributed by atoms with Gasteiger partial charge in [0.05, 0.1) is 17.3 Å².